The first-order chi connectivity index (χ1) is 9.30. The fourth-order valence-corrected chi connectivity index (χ4v) is 3.22. The Balaban J connectivity index is 2.26. The average Bonchev–Trinajstić information content (AvgIpc) is 2.83. The second-order valence-corrected chi connectivity index (χ2v) is 5.32. The summed E-state index contributed by atoms with van der Waals surface area (Å²) in [5, 5.41) is 12.4. The van der Waals surface area contributed by atoms with Gasteiger partial charge >= 0.3 is 0 Å². The molecular weight excluding hydrogens is 234 g/mol. The molecule has 1 aromatic carbocycles. The molecule has 102 valence electrons. The molecule has 0 aliphatic carbocycles. The van der Waals surface area contributed by atoms with Crippen LogP contribution < -0.4 is 5.32 Å². The molecule has 1 N–H and O–H groups in total. The maximum atomic E-state index is 9.07. The molecule has 1 heterocycles. The van der Waals surface area contributed by atoms with Gasteiger partial charge in [-0.1, -0.05) is 19.1 Å². The number of benzene rings is 1. The standard InChI is InChI=1S/C16H23N3/c1-3-8-19-9-7-15(12-18-2)16(19)14-6-4-5-13(10-14)11-17/h4-6,10,15-16,18H,3,7-9,12H2,1-2H3. The Morgan fingerprint density at radius 3 is 3.00 bits per heavy atom. The molecule has 0 amide bonds. The van der Waals surface area contributed by atoms with Crippen molar-refractivity contribution in [2.45, 2.75) is 25.8 Å². The third kappa shape index (κ3) is 3.15. The fraction of sp³-hybridized carbons (Fsp3) is 0.562. The molecule has 1 aliphatic heterocycles. The molecule has 3 nitrogen and oxygen atoms in total. The first kappa shape index (κ1) is 14.0. The molecule has 2 atom stereocenters. The van der Waals surface area contributed by atoms with E-state index in [1.54, 1.807) is 0 Å². The van der Waals surface area contributed by atoms with Crippen molar-refractivity contribution in [1.29, 1.82) is 5.26 Å². The van der Waals surface area contributed by atoms with E-state index in [1.807, 2.05) is 19.2 Å². The molecule has 0 bridgehead atoms. The van der Waals surface area contributed by atoms with Crippen LogP contribution in [0.3, 0.4) is 0 Å². The lowest BCUT2D eigenvalue weighted by molar-refractivity contribution is 0.227. The van der Waals surface area contributed by atoms with Crippen LogP contribution in [0.2, 0.25) is 0 Å². The van der Waals surface area contributed by atoms with E-state index < -0.39 is 0 Å². The highest BCUT2D eigenvalue weighted by molar-refractivity contribution is 5.35. The molecule has 2 rings (SSSR count). The van der Waals surface area contributed by atoms with Gasteiger partial charge in [0.25, 0.3) is 0 Å². The Labute approximate surface area is 116 Å². The molecule has 0 radical (unpaired) electrons. The monoisotopic (exact) mass is 257 g/mol. The van der Waals surface area contributed by atoms with Crippen LogP contribution in [0.5, 0.6) is 0 Å². The van der Waals surface area contributed by atoms with Crippen molar-refractivity contribution in [2.24, 2.45) is 5.92 Å². The van der Waals surface area contributed by atoms with Crippen molar-refractivity contribution in [1.82, 2.24) is 10.2 Å². The van der Waals surface area contributed by atoms with Crippen molar-refractivity contribution in [3.05, 3.63) is 35.4 Å². The Morgan fingerprint density at radius 2 is 2.32 bits per heavy atom. The second-order valence-electron chi connectivity index (χ2n) is 5.32. The lowest BCUT2D eigenvalue weighted by Gasteiger charge is -2.28. The van der Waals surface area contributed by atoms with Gasteiger partial charge in [0.05, 0.1) is 11.6 Å². The van der Waals surface area contributed by atoms with Crippen molar-refractivity contribution >= 4 is 0 Å². The Morgan fingerprint density at radius 1 is 1.47 bits per heavy atom. The fourth-order valence-electron chi connectivity index (χ4n) is 3.22. The molecule has 2 unspecified atom stereocenters. The van der Waals surface area contributed by atoms with Crippen molar-refractivity contribution < 1.29 is 0 Å². The zero-order valence-corrected chi connectivity index (χ0v) is 11.9. The molecular formula is C16H23N3. The van der Waals surface area contributed by atoms with Crippen LogP contribution in [0.4, 0.5) is 0 Å². The smallest absolute Gasteiger partial charge is 0.0991 e. The van der Waals surface area contributed by atoms with Gasteiger partial charge in [0.15, 0.2) is 0 Å². The van der Waals surface area contributed by atoms with Gasteiger partial charge in [0, 0.05) is 6.04 Å². The zero-order valence-electron chi connectivity index (χ0n) is 11.9. The molecule has 0 spiro atoms. The summed E-state index contributed by atoms with van der Waals surface area (Å²) in [4.78, 5) is 2.57. The number of likely N-dealkylation sites (tertiary alicyclic amines) is 1. The van der Waals surface area contributed by atoms with Gasteiger partial charge in [0.2, 0.25) is 0 Å². The maximum absolute atomic E-state index is 9.07. The molecule has 1 aliphatic rings. The van der Waals surface area contributed by atoms with Crippen LogP contribution in [0.15, 0.2) is 24.3 Å². The SMILES string of the molecule is CCCN1CCC(CNC)C1c1cccc(C#N)c1. The maximum Gasteiger partial charge on any atom is 0.0991 e. The van der Waals surface area contributed by atoms with Gasteiger partial charge in [0.1, 0.15) is 0 Å². The van der Waals surface area contributed by atoms with E-state index in [0.29, 0.717) is 12.0 Å². The van der Waals surface area contributed by atoms with E-state index >= 15 is 0 Å². The number of rotatable bonds is 5. The van der Waals surface area contributed by atoms with Gasteiger partial charge in [-0.15, -0.1) is 0 Å². The molecule has 1 saturated heterocycles. The van der Waals surface area contributed by atoms with Gasteiger partial charge in [-0.25, -0.2) is 0 Å². The zero-order chi connectivity index (χ0) is 13.7. The summed E-state index contributed by atoms with van der Waals surface area (Å²) < 4.78 is 0. The summed E-state index contributed by atoms with van der Waals surface area (Å²) in [5.74, 6) is 0.644. The van der Waals surface area contributed by atoms with E-state index in [4.69, 9.17) is 5.26 Å². The Kier molecular flexibility index (Phi) is 4.95. The highest BCUT2D eigenvalue weighted by atomic mass is 15.2. The molecule has 0 aromatic heterocycles. The lowest BCUT2D eigenvalue weighted by atomic mass is 9.92. The normalized spacial score (nSPS) is 23.4. The third-order valence-electron chi connectivity index (χ3n) is 3.96. The van der Waals surface area contributed by atoms with E-state index in [9.17, 15) is 0 Å². The largest absolute Gasteiger partial charge is 0.319 e. The third-order valence-corrected chi connectivity index (χ3v) is 3.96. The van der Waals surface area contributed by atoms with E-state index in [2.05, 4.69) is 35.3 Å². The van der Waals surface area contributed by atoms with Gasteiger partial charge < -0.3 is 5.32 Å². The quantitative estimate of drug-likeness (QED) is 0.881. The molecule has 3 heteroatoms. The number of hydrogen-bond donors (Lipinski definition) is 1. The molecule has 19 heavy (non-hydrogen) atoms. The summed E-state index contributed by atoms with van der Waals surface area (Å²) >= 11 is 0. The van der Waals surface area contributed by atoms with Crippen LogP contribution in [-0.2, 0) is 0 Å². The summed E-state index contributed by atoms with van der Waals surface area (Å²) in [5.41, 5.74) is 2.06. The number of nitrogens with one attached hydrogen (secondary N) is 1. The first-order valence-electron chi connectivity index (χ1n) is 7.18. The van der Waals surface area contributed by atoms with Gasteiger partial charge in [-0.2, -0.15) is 5.26 Å². The molecule has 0 saturated carbocycles. The van der Waals surface area contributed by atoms with Gasteiger partial charge in [-0.05, 0) is 63.1 Å². The van der Waals surface area contributed by atoms with Crippen molar-refractivity contribution in [3.63, 3.8) is 0 Å². The van der Waals surface area contributed by atoms with Crippen molar-refractivity contribution in [3.8, 4) is 6.07 Å². The summed E-state index contributed by atoms with van der Waals surface area (Å²) in [6.07, 6.45) is 2.42. The van der Waals surface area contributed by atoms with E-state index in [1.165, 1.54) is 24.9 Å². The highest BCUT2D eigenvalue weighted by Gasteiger charge is 2.34. The Bertz CT molecular complexity index is 436. The molecule has 1 fully saturated rings. The minimum atomic E-state index is 0.459. The van der Waals surface area contributed by atoms with Crippen LogP contribution in [-0.4, -0.2) is 31.6 Å². The predicted octanol–water partition coefficient (Wildman–Crippen LogP) is 2.55. The highest BCUT2D eigenvalue weighted by Crippen LogP contribution is 2.37. The van der Waals surface area contributed by atoms with Crippen LogP contribution >= 0.6 is 0 Å². The summed E-state index contributed by atoms with van der Waals surface area (Å²) in [6, 6.07) is 10.8. The van der Waals surface area contributed by atoms with E-state index in [-0.39, 0.29) is 0 Å². The average molecular weight is 257 g/mol. The van der Waals surface area contributed by atoms with Crippen LogP contribution in [0.1, 0.15) is 36.9 Å². The number of nitriles is 1. The molecule has 1 aromatic rings. The van der Waals surface area contributed by atoms with Gasteiger partial charge in [-0.3, -0.25) is 4.90 Å². The summed E-state index contributed by atoms with van der Waals surface area (Å²) in [7, 11) is 2.02. The summed E-state index contributed by atoms with van der Waals surface area (Å²) in [6.45, 7) is 5.58. The van der Waals surface area contributed by atoms with Crippen LogP contribution in [0.25, 0.3) is 0 Å². The van der Waals surface area contributed by atoms with E-state index in [0.717, 1.165) is 18.7 Å². The first-order valence-corrected chi connectivity index (χ1v) is 7.18. The van der Waals surface area contributed by atoms with Crippen LogP contribution in [0, 0.1) is 17.2 Å². The minimum Gasteiger partial charge on any atom is -0.319 e. The number of nitrogens with zero attached hydrogens (tertiary/aromatic N) is 2. The minimum absolute atomic E-state index is 0.459. The topological polar surface area (TPSA) is 39.1 Å². The number of hydrogen-bond acceptors (Lipinski definition) is 3. The van der Waals surface area contributed by atoms with Crippen molar-refractivity contribution in [2.75, 3.05) is 26.7 Å². The Hall–Kier alpha value is -1.37. The predicted molar refractivity (Wildman–Crippen MR) is 77.8 cm³/mol. The second kappa shape index (κ2) is 6.70. The lowest BCUT2D eigenvalue weighted by Crippen LogP contribution is -2.29.